The number of carbonyl (C=O) groups excluding carboxylic acids is 3. The third-order valence-electron chi connectivity index (χ3n) is 8.67. The van der Waals surface area contributed by atoms with Gasteiger partial charge in [-0.05, 0) is 51.0 Å². The molecule has 7 heteroatoms. The molecule has 3 rings (SSSR count). The number of benzene rings is 1. The number of carbonyl (C=O) groups is 3. The van der Waals surface area contributed by atoms with E-state index in [0.717, 1.165) is 18.6 Å². The van der Waals surface area contributed by atoms with E-state index in [2.05, 4.69) is 47.2 Å². The topological polar surface area (TPSA) is 91.8 Å². The minimum Gasteiger partial charge on any atom is -0.461 e. The maximum Gasteiger partial charge on any atom is 0.311 e. The summed E-state index contributed by atoms with van der Waals surface area (Å²) in [6.07, 6.45) is 32.1. The lowest BCUT2D eigenvalue weighted by Gasteiger charge is -2.16. The van der Waals surface area contributed by atoms with Crippen LogP contribution in [-0.2, 0) is 43.5 Å². The van der Waals surface area contributed by atoms with Crippen LogP contribution in [0, 0.1) is 49.4 Å². The van der Waals surface area contributed by atoms with Gasteiger partial charge in [0.05, 0.1) is 18.7 Å². The number of aryl methyl sites for hydroxylation is 2. The van der Waals surface area contributed by atoms with Crippen LogP contribution < -0.4 is 4.74 Å². The van der Waals surface area contributed by atoms with Crippen molar-refractivity contribution in [2.45, 2.75) is 131 Å². The molecular formula is C44H61NO6. The van der Waals surface area contributed by atoms with E-state index >= 15 is 0 Å². The highest BCUT2D eigenvalue weighted by Crippen LogP contribution is 2.29. The average Bonchev–Trinajstić information content (AvgIpc) is 3.66. The molecule has 51 heavy (non-hydrogen) atoms. The molecule has 278 valence electrons. The first-order valence-electron chi connectivity index (χ1n) is 18.5. The van der Waals surface area contributed by atoms with E-state index in [1.807, 2.05) is 26.0 Å². The first kappa shape index (κ1) is 44.8. The molecule has 1 fully saturated rings. The lowest BCUT2D eigenvalue weighted by Crippen LogP contribution is -2.15. The predicted octanol–water partition coefficient (Wildman–Crippen LogP) is 9.72. The summed E-state index contributed by atoms with van der Waals surface area (Å²) in [5, 5.41) is 0. The Bertz CT molecular complexity index is 1380. The van der Waals surface area contributed by atoms with Gasteiger partial charge in [-0.1, -0.05) is 101 Å². The zero-order chi connectivity index (χ0) is 37.7. The molecule has 0 saturated heterocycles. The molecule has 0 spiro atoms. The van der Waals surface area contributed by atoms with E-state index in [-0.39, 0.29) is 43.9 Å². The van der Waals surface area contributed by atoms with Gasteiger partial charge in [0.2, 0.25) is 0 Å². The maximum absolute atomic E-state index is 12.2. The molecule has 1 heterocycles. The van der Waals surface area contributed by atoms with Crippen LogP contribution in [0.3, 0.4) is 0 Å². The summed E-state index contributed by atoms with van der Waals surface area (Å²) >= 11 is 0. The Balaban J connectivity index is 0.000000469. The number of methoxy groups -OCH3 is 1. The van der Waals surface area contributed by atoms with Crippen molar-refractivity contribution in [3.05, 3.63) is 71.1 Å². The Morgan fingerprint density at radius 1 is 0.980 bits per heavy atom. The fourth-order valence-corrected chi connectivity index (χ4v) is 5.56. The van der Waals surface area contributed by atoms with Gasteiger partial charge in [-0.25, -0.2) is 0 Å². The number of aromatic nitrogens is 1. The molecular weight excluding hydrogens is 638 g/mol. The van der Waals surface area contributed by atoms with Gasteiger partial charge < -0.3 is 19.0 Å². The van der Waals surface area contributed by atoms with Gasteiger partial charge in [0.1, 0.15) is 12.9 Å². The monoisotopic (exact) mass is 699 g/mol. The smallest absolute Gasteiger partial charge is 0.311 e. The van der Waals surface area contributed by atoms with Crippen LogP contribution in [0.2, 0.25) is 0 Å². The van der Waals surface area contributed by atoms with Crippen LogP contribution in [0.15, 0.2) is 48.7 Å². The van der Waals surface area contributed by atoms with E-state index in [4.69, 9.17) is 27.1 Å². The van der Waals surface area contributed by atoms with Gasteiger partial charge in [-0.15, -0.1) is 24.7 Å². The number of hydrogen-bond donors (Lipinski definition) is 0. The second-order valence-corrected chi connectivity index (χ2v) is 13.2. The first-order chi connectivity index (χ1) is 24.7. The van der Waals surface area contributed by atoms with E-state index < -0.39 is 5.97 Å². The number of aldehydes is 1. The molecule has 0 radical (unpaired) electrons. The highest BCUT2D eigenvalue weighted by Gasteiger charge is 2.19. The third-order valence-corrected chi connectivity index (χ3v) is 8.67. The van der Waals surface area contributed by atoms with E-state index in [1.54, 1.807) is 27.2 Å². The van der Waals surface area contributed by atoms with Crippen LogP contribution in [0.4, 0.5) is 0 Å². The number of hydrogen-bond acceptors (Lipinski definition) is 7. The van der Waals surface area contributed by atoms with Crippen molar-refractivity contribution >= 4 is 18.2 Å². The lowest BCUT2D eigenvalue weighted by molar-refractivity contribution is -0.145. The van der Waals surface area contributed by atoms with Crippen LogP contribution in [0.25, 0.3) is 0 Å². The number of ether oxygens (including phenoxy) is 3. The molecule has 1 saturated carbocycles. The van der Waals surface area contributed by atoms with Crippen molar-refractivity contribution in [2.24, 2.45) is 17.8 Å². The number of esters is 2. The Labute approximate surface area is 308 Å². The molecule has 0 aliphatic heterocycles. The summed E-state index contributed by atoms with van der Waals surface area (Å²) in [5.74, 6) is 5.47. The number of terminal acetylenes is 2. The molecule has 0 amide bonds. The molecule has 1 aliphatic carbocycles. The normalized spacial score (nSPS) is 13.4. The summed E-state index contributed by atoms with van der Waals surface area (Å²) in [4.78, 5) is 38.2. The highest BCUT2D eigenvalue weighted by atomic mass is 16.5. The largest absolute Gasteiger partial charge is 0.461 e. The molecule has 0 bridgehead atoms. The van der Waals surface area contributed by atoms with E-state index in [1.165, 1.54) is 63.4 Å². The van der Waals surface area contributed by atoms with E-state index in [9.17, 15) is 14.4 Å². The molecule has 1 aromatic heterocycles. The quantitative estimate of drug-likeness (QED) is 0.0474. The molecule has 2 unspecified atom stereocenters. The molecule has 0 N–H and O–H groups in total. The van der Waals surface area contributed by atoms with Gasteiger partial charge >= 0.3 is 11.9 Å². The number of allylic oxidation sites excluding steroid dienone is 2. The summed E-state index contributed by atoms with van der Waals surface area (Å²) in [5.41, 5.74) is 3.33. The molecule has 7 nitrogen and oxygen atoms in total. The van der Waals surface area contributed by atoms with Crippen molar-refractivity contribution in [3.63, 3.8) is 0 Å². The molecule has 2 atom stereocenters. The van der Waals surface area contributed by atoms with Gasteiger partial charge in [-0.3, -0.25) is 14.6 Å². The van der Waals surface area contributed by atoms with Gasteiger partial charge in [0.15, 0.2) is 5.75 Å². The summed E-state index contributed by atoms with van der Waals surface area (Å²) in [6.45, 7) is 7.51. The Hall–Kier alpha value is -4.20. The predicted molar refractivity (Wildman–Crippen MR) is 206 cm³/mol. The van der Waals surface area contributed by atoms with E-state index in [0.29, 0.717) is 35.4 Å². The van der Waals surface area contributed by atoms with Gasteiger partial charge in [-0.2, -0.15) is 0 Å². The second kappa shape index (κ2) is 28.5. The standard InChI is InChI=1S/C22H29NO5.C16H24.C6H8O/c1-6-8-9-10-11-20(24)28-22-17(4)23-13-18(14-26-5)19(22)15-27-21(25)12-16(3)7-2;1-3-9-15(10-4-1)11-5-2-6-12-16-13-7-8-14-16;1-3-6(2)4-5-7/h2,6,8,13,16H,9-12,14-15H2,1,3-5H3;1,3-4,9-10,16H,2,5-8,11-14H2;1,5-6H,4H2,2H3/b8-6-;;. The third kappa shape index (κ3) is 20.9. The summed E-state index contributed by atoms with van der Waals surface area (Å²) in [7, 11) is 1.55. The van der Waals surface area contributed by atoms with Crippen LogP contribution in [0.5, 0.6) is 5.75 Å². The van der Waals surface area contributed by atoms with Crippen molar-refractivity contribution in [1.29, 1.82) is 0 Å². The summed E-state index contributed by atoms with van der Waals surface area (Å²) < 4.78 is 16.1. The fraction of sp³-hybridized carbons (Fsp3) is 0.545. The number of rotatable bonds is 19. The van der Waals surface area contributed by atoms with Crippen molar-refractivity contribution in [1.82, 2.24) is 4.98 Å². The zero-order valence-electron chi connectivity index (χ0n) is 31.8. The number of nitrogens with zero attached hydrogens (tertiary/aromatic N) is 1. The van der Waals surface area contributed by atoms with Gasteiger partial charge in [0.25, 0.3) is 0 Å². The number of pyridine rings is 1. The van der Waals surface area contributed by atoms with Crippen molar-refractivity contribution in [3.8, 4) is 30.4 Å². The van der Waals surface area contributed by atoms with Gasteiger partial charge in [0, 0.05) is 49.1 Å². The SMILES string of the molecule is C#CC(C)CC(=O)OCc1c(COC)cnc(C)c1OC(=O)CCC/C=C\C.C#CC(C)CC=O.c1ccc(CCCCCC2CCCC2)cc1. The van der Waals surface area contributed by atoms with Crippen molar-refractivity contribution < 1.29 is 28.6 Å². The minimum absolute atomic E-state index is 0.0423. The molecule has 1 aliphatic rings. The second-order valence-electron chi connectivity index (χ2n) is 13.2. The van der Waals surface area contributed by atoms with Crippen LogP contribution in [0.1, 0.15) is 127 Å². The summed E-state index contributed by atoms with van der Waals surface area (Å²) in [6, 6.07) is 10.9. The Morgan fingerprint density at radius 2 is 1.69 bits per heavy atom. The minimum atomic E-state index is -0.410. The molecule has 2 aromatic rings. The first-order valence-corrected chi connectivity index (χ1v) is 18.5. The van der Waals surface area contributed by atoms with Crippen LogP contribution in [-0.4, -0.2) is 30.3 Å². The average molecular weight is 700 g/mol. The zero-order valence-corrected chi connectivity index (χ0v) is 31.8. The number of unbranched alkanes of at least 4 members (excludes halogenated alkanes) is 3. The molecule has 1 aromatic carbocycles. The Morgan fingerprint density at radius 3 is 2.29 bits per heavy atom. The highest BCUT2D eigenvalue weighted by molar-refractivity contribution is 5.73. The van der Waals surface area contributed by atoms with Crippen LogP contribution >= 0.6 is 0 Å². The lowest BCUT2D eigenvalue weighted by atomic mass is 9.98. The Kier molecular flexibility index (Phi) is 25.0. The fourth-order valence-electron chi connectivity index (χ4n) is 5.56. The van der Waals surface area contributed by atoms with Crippen molar-refractivity contribution in [2.75, 3.05) is 7.11 Å². The maximum atomic E-state index is 12.2.